The van der Waals surface area contributed by atoms with E-state index in [4.69, 9.17) is 4.42 Å². The van der Waals surface area contributed by atoms with Crippen LogP contribution < -0.4 is 5.32 Å². The van der Waals surface area contributed by atoms with E-state index in [2.05, 4.69) is 5.32 Å². The molecule has 1 aliphatic rings. The Labute approximate surface area is 84.1 Å². The third kappa shape index (κ3) is 2.36. The summed E-state index contributed by atoms with van der Waals surface area (Å²) >= 11 is 0. The summed E-state index contributed by atoms with van der Waals surface area (Å²) in [5.41, 5.74) is 0. The van der Waals surface area contributed by atoms with Gasteiger partial charge in [0.1, 0.15) is 5.76 Å². The van der Waals surface area contributed by atoms with Gasteiger partial charge in [0.05, 0.1) is 18.4 Å². The van der Waals surface area contributed by atoms with E-state index in [-0.39, 0.29) is 12.1 Å². The maximum Gasteiger partial charge on any atom is 0.120 e. The molecule has 2 unspecified atom stereocenters. The largest absolute Gasteiger partial charge is 0.468 e. The molecule has 0 aromatic carbocycles. The summed E-state index contributed by atoms with van der Waals surface area (Å²) in [5.74, 6) is 1.46. The van der Waals surface area contributed by atoms with E-state index >= 15 is 0 Å². The Kier molecular flexibility index (Phi) is 2.89. The molecule has 2 N–H and O–H groups in total. The second-order valence-corrected chi connectivity index (χ2v) is 4.05. The Morgan fingerprint density at radius 1 is 1.64 bits per heavy atom. The van der Waals surface area contributed by atoms with Crippen LogP contribution in [0.25, 0.3) is 0 Å². The highest BCUT2D eigenvalue weighted by Gasteiger charge is 2.29. The SMILES string of the molecule is CC(NCC(O)C1CC1)c1ccco1. The zero-order valence-corrected chi connectivity index (χ0v) is 8.44. The van der Waals surface area contributed by atoms with Gasteiger partial charge in [-0.25, -0.2) is 0 Å². The molecule has 0 bridgehead atoms. The van der Waals surface area contributed by atoms with Gasteiger partial charge in [-0.15, -0.1) is 0 Å². The highest BCUT2D eigenvalue weighted by atomic mass is 16.3. The molecule has 1 aliphatic carbocycles. The minimum absolute atomic E-state index is 0.179. The standard InChI is InChI=1S/C11H17NO2/c1-8(11-3-2-6-14-11)12-7-10(13)9-4-5-9/h2-3,6,8-10,12-13H,4-5,7H2,1H3. The molecule has 0 saturated heterocycles. The van der Waals surface area contributed by atoms with Crippen LogP contribution in [-0.2, 0) is 0 Å². The first-order valence-electron chi connectivity index (χ1n) is 5.22. The van der Waals surface area contributed by atoms with Crippen LogP contribution in [0.2, 0.25) is 0 Å². The number of aliphatic hydroxyl groups is 1. The van der Waals surface area contributed by atoms with Gasteiger partial charge in [-0.1, -0.05) is 0 Å². The van der Waals surface area contributed by atoms with Crippen LogP contribution in [0.1, 0.15) is 31.6 Å². The van der Waals surface area contributed by atoms with Crippen molar-refractivity contribution in [2.45, 2.75) is 31.9 Å². The summed E-state index contributed by atoms with van der Waals surface area (Å²) in [6.45, 7) is 2.70. The van der Waals surface area contributed by atoms with Crippen LogP contribution in [0.5, 0.6) is 0 Å². The maximum atomic E-state index is 9.64. The predicted molar refractivity (Wildman–Crippen MR) is 53.9 cm³/mol. The van der Waals surface area contributed by atoms with Crippen LogP contribution in [0, 0.1) is 5.92 Å². The Balaban J connectivity index is 1.74. The fourth-order valence-electron chi connectivity index (χ4n) is 1.58. The van der Waals surface area contributed by atoms with E-state index in [0.29, 0.717) is 12.5 Å². The van der Waals surface area contributed by atoms with Crippen LogP contribution >= 0.6 is 0 Å². The quantitative estimate of drug-likeness (QED) is 0.751. The monoisotopic (exact) mass is 195 g/mol. The van der Waals surface area contributed by atoms with Gasteiger partial charge in [-0.2, -0.15) is 0 Å². The normalized spacial score (nSPS) is 20.7. The van der Waals surface area contributed by atoms with Gasteiger partial charge < -0.3 is 14.8 Å². The molecule has 2 atom stereocenters. The number of furan rings is 1. The first-order valence-corrected chi connectivity index (χ1v) is 5.22. The van der Waals surface area contributed by atoms with Gasteiger partial charge in [-0.05, 0) is 37.8 Å². The molecule has 1 aromatic rings. The fraction of sp³-hybridized carbons (Fsp3) is 0.636. The molecule has 0 amide bonds. The molecule has 78 valence electrons. The lowest BCUT2D eigenvalue weighted by molar-refractivity contribution is 0.144. The van der Waals surface area contributed by atoms with Crippen molar-refractivity contribution in [2.24, 2.45) is 5.92 Å². The molecule has 0 aliphatic heterocycles. The van der Waals surface area contributed by atoms with Gasteiger partial charge >= 0.3 is 0 Å². The highest BCUT2D eigenvalue weighted by Crippen LogP contribution is 2.32. The summed E-state index contributed by atoms with van der Waals surface area (Å²) < 4.78 is 5.26. The number of hydrogen-bond acceptors (Lipinski definition) is 3. The lowest BCUT2D eigenvalue weighted by Crippen LogP contribution is -2.30. The van der Waals surface area contributed by atoms with Gasteiger partial charge in [-0.3, -0.25) is 0 Å². The molecule has 0 spiro atoms. The molecule has 1 fully saturated rings. The lowest BCUT2D eigenvalue weighted by Gasteiger charge is -2.14. The maximum absolute atomic E-state index is 9.64. The summed E-state index contributed by atoms with van der Waals surface area (Å²) in [6, 6.07) is 4.00. The number of rotatable bonds is 5. The van der Waals surface area contributed by atoms with Crippen LogP contribution in [0.4, 0.5) is 0 Å². The van der Waals surface area contributed by atoms with Crippen molar-refractivity contribution in [2.75, 3.05) is 6.54 Å². The van der Waals surface area contributed by atoms with Crippen molar-refractivity contribution in [3.63, 3.8) is 0 Å². The molecule has 14 heavy (non-hydrogen) atoms. The first-order chi connectivity index (χ1) is 6.77. The average molecular weight is 195 g/mol. The molecule has 3 nitrogen and oxygen atoms in total. The van der Waals surface area contributed by atoms with Crippen molar-refractivity contribution in [3.8, 4) is 0 Å². The van der Waals surface area contributed by atoms with E-state index in [0.717, 1.165) is 5.76 Å². The summed E-state index contributed by atoms with van der Waals surface area (Å²) in [5, 5.41) is 12.9. The van der Waals surface area contributed by atoms with Crippen LogP contribution in [0.15, 0.2) is 22.8 Å². The van der Waals surface area contributed by atoms with Crippen LogP contribution in [-0.4, -0.2) is 17.8 Å². The highest BCUT2D eigenvalue weighted by molar-refractivity contribution is 5.03. The van der Waals surface area contributed by atoms with E-state index in [1.54, 1.807) is 6.26 Å². The van der Waals surface area contributed by atoms with Crippen LogP contribution in [0.3, 0.4) is 0 Å². The molecule has 1 aromatic heterocycles. The third-order valence-corrected chi connectivity index (χ3v) is 2.77. The van der Waals surface area contributed by atoms with Crippen molar-refractivity contribution in [3.05, 3.63) is 24.2 Å². The molecule has 2 rings (SSSR count). The molecule has 3 heteroatoms. The smallest absolute Gasteiger partial charge is 0.120 e. The molecule has 1 saturated carbocycles. The third-order valence-electron chi connectivity index (χ3n) is 2.77. The van der Waals surface area contributed by atoms with E-state index in [1.807, 2.05) is 19.1 Å². The van der Waals surface area contributed by atoms with Crippen molar-refractivity contribution in [1.29, 1.82) is 0 Å². The first kappa shape index (κ1) is 9.74. The number of nitrogens with one attached hydrogen (secondary N) is 1. The summed E-state index contributed by atoms with van der Waals surface area (Å²) in [6.07, 6.45) is 3.84. The lowest BCUT2D eigenvalue weighted by atomic mass is 10.2. The Morgan fingerprint density at radius 2 is 2.43 bits per heavy atom. The Bertz CT molecular complexity index is 267. The van der Waals surface area contributed by atoms with Crippen molar-refractivity contribution < 1.29 is 9.52 Å². The Hall–Kier alpha value is -0.800. The topological polar surface area (TPSA) is 45.4 Å². The van der Waals surface area contributed by atoms with Gasteiger partial charge in [0.25, 0.3) is 0 Å². The average Bonchev–Trinajstić information content (AvgIpc) is 2.90. The minimum Gasteiger partial charge on any atom is -0.468 e. The second kappa shape index (κ2) is 4.15. The molecular weight excluding hydrogens is 178 g/mol. The van der Waals surface area contributed by atoms with Crippen molar-refractivity contribution in [1.82, 2.24) is 5.32 Å². The predicted octanol–water partition coefficient (Wildman–Crippen LogP) is 1.70. The van der Waals surface area contributed by atoms with Gasteiger partial charge in [0.2, 0.25) is 0 Å². The number of aliphatic hydroxyl groups excluding tert-OH is 1. The molecule has 0 radical (unpaired) electrons. The zero-order valence-electron chi connectivity index (χ0n) is 8.44. The van der Waals surface area contributed by atoms with E-state index in [1.165, 1.54) is 12.8 Å². The number of hydrogen-bond donors (Lipinski definition) is 2. The van der Waals surface area contributed by atoms with E-state index < -0.39 is 0 Å². The Morgan fingerprint density at radius 3 is 3.00 bits per heavy atom. The second-order valence-electron chi connectivity index (χ2n) is 4.05. The van der Waals surface area contributed by atoms with Gasteiger partial charge in [0.15, 0.2) is 0 Å². The summed E-state index contributed by atoms with van der Waals surface area (Å²) in [7, 11) is 0. The zero-order chi connectivity index (χ0) is 9.97. The van der Waals surface area contributed by atoms with E-state index in [9.17, 15) is 5.11 Å². The molecular formula is C11H17NO2. The fourth-order valence-corrected chi connectivity index (χ4v) is 1.58. The summed E-state index contributed by atoms with van der Waals surface area (Å²) in [4.78, 5) is 0. The van der Waals surface area contributed by atoms with Gasteiger partial charge in [0, 0.05) is 6.54 Å². The molecule has 1 heterocycles. The minimum atomic E-state index is -0.188. The van der Waals surface area contributed by atoms with Crippen molar-refractivity contribution >= 4 is 0 Å².